The molecule has 1 unspecified atom stereocenters. The number of aromatic nitrogens is 3. The maximum atomic E-state index is 12.6. The third kappa shape index (κ3) is 5.25. The minimum absolute atomic E-state index is 0.0947. The molecule has 1 saturated heterocycles. The number of carbonyl (C=O) groups is 1. The van der Waals surface area contributed by atoms with Gasteiger partial charge in [0.25, 0.3) is 17.7 Å². The number of hydrogen-bond acceptors (Lipinski definition) is 9. The average Bonchev–Trinajstić information content (AvgIpc) is 3.58. The highest BCUT2D eigenvalue weighted by atomic mass is 35.5. The standard InChI is InChI=1S/C24H23Cl2N5O4S/c1-33-22-23(28-8-7-27-22)34-12-20(32)31-9-5-14(6-10-31)24-29-18(13-36-24)17-11-19(35-30-17)21-15(25)3-2-4-16(21)26/h2-4,7-8,13-14,19H,5-6,9-12H2,1H3. The van der Waals surface area contributed by atoms with Crippen molar-refractivity contribution in [3.63, 3.8) is 0 Å². The predicted molar refractivity (Wildman–Crippen MR) is 136 cm³/mol. The number of likely N-dealkylation sites (tertiary alicyclic amines) is 1. The van der Waals surface area contributed by atoms with Crippen molar-refractivity contribution in [3.05, 3.63) is 62.3 Å². The summed E-state index contributed by atoms with van der Waals surface area (Å²) in [6.07, 6.45) is 4.87. The molecule has 36 heavy (non-hydrogen) atoms. The fourth-order valence-corrected chi connectivity index (χ4v) is 5.90. The predicted octanol–water partition coefficient (Wildman–Crippen LogP) is 4.90. The van der Waals surface area contributed by atoms with Crippen molar-refractivity contribution in [1.29, 1.82) is 0 Å². The molecule has 12 heteroatoms. The summed E-state index contributed by atoms with van der Waals surface area (Å²) in [7, 11) is 1.48. The van der Waals surface area contributed by atoms with Gasteiger partial charge in [0.1, 0.15) is 5.71 Å². The number of nitrogens with zero attached hydrogens (tertiary/aromatic N) is 5. The second-order valence-electron chi connectivity index (χ2n) is 8.36. The molecule has 0 spiro atoms. The Labute approximate surface area is 222 Å². The van der Waals surface area contributed by atoms with Gasteiger partial charge in [-0.25, -0.2) is 15.0 Å². The van der Waals surface area contributed by atoms with Gasteiger partial charge in [-0.2, -0.15) is 0 Å². The number of benzene rings is 1. The molecule has 2 aromatic heterocycles. The van der Waals surface area contributed by atoms with Crippen LogP contribution in [0.2, 0.25) is 10.0 Å². The summed E-state index contributed by atoms with van der Waals surface area (Å²) in [4.78, 5) is 33.0. The van der Waals surface area contributed by atoms with Gasteiger partial charge >= 0.3 is 0 Å². The van der Waals surface area contributed by atoms with Crippen LogP contribution in [0.15, 0.2) is 41.1 Å². The number of piperidine rings is 1. The van der Waals surface area contributed by atoms with Crippen molar-refractivity contribution in [2.45, 2.75) is 31.3 Å². The van der Waals surface area contributed by atoms with Crippen molar-refractivity contribution in [1.82, 2.24) is 19.9 Å². The quantitative estimate of drug-likeness (QED) is 0.414. The van der Waals surface area contributed by atoms with Gasteiger partial charge < -0.3 is 19.2 Å². The number of amides is 1. The first kappa shape index (κ1) is 24.7. The normalized spacial score (nSPS) is 18.0. The highest BCUT2D eigenvalue weighted by Crippen LogP contribution is 2.39. The lowest BCUT2D eigenvalue weighted by Crippen LogP contribution is -2.40. The largest absolute Gasteiger partial charge is 0.477 e. The van der Waals surface area contributed by atoms with Crippen LogP contribution in [0.5, 0.6) is 11.8 Å². The van der Waals surface area contributed by atoms with E-state index in [0.717, 1.165) is 34.8 Å². The molecule has 0 saturated carbocycles. The smallest absolute Gasteiger partial charge is 0.278 e. The first-order chi connectivity index (χ1) is 17.5. The minimum atomic E-state index is -0.329. The molecule has 188 valence electrons. The van der Waals surface area contributed by atoms with Crippen LogP contribution in [-0.2, 0) is 9.63 Å². The minimum Gasteiger partial charge on any atom is -0.477 e. The summed E-state index contributed by atoms with van der Waals surface area (Å²) in [5, 5.41) is 8.43. The second-order valence-corrected chi connectivity index (χ2v) is 10.1. The van der Waals surface area contributed by atoms with Crippen LogP contribution in [0.1, 0.15) is 47.5 Å². The van der Waals surface area contributed by atoms with Crippen LogP contribution in [0.3, 0.4) is 0 Å². The zero-order valence-corrected chi connectivity index (χ0v) is 21.7. The highest BCUT2D eigenvalue weighted by molar-refractivity contribution is 7.10. The van der Waals surface area contributed by atoms with Gasteiger partial charge in [0, 0.05) is 58.8 Å². The third-order valence-electron chi connectivity index (χ3n) is 6.16. The van der Waals surface area contributed by atoms with Gasteiger partial charge in [0.15, 0.2) is 12.7 Å². The Morgan fingerprint density at radius 2 is 1.89 bits per heavy atom. The summed E-state index contributed by atoms with van der Waals surface area (Å²) in [5.41, 5.74) is 2.34. The average molecular weight is 548 g/mol. The fourth-order valence-electron chi connectivity index (χ4n) is 4.26. The van der Waals surface area contributed by atoms with E-state index in [-0.39, 0.29) is 36.3 Å². The molecule has 1 aromatic carbocycles. The van der Waals surface area contributed by atoms with Crippen molar-refractivity contribution in [2.24, 2.45) is 5.16 Å². The molecule has 1 fully saturated rings. The van der Waals surface area contributed by atoms with Gasteiger partial charge in [-0.15, -0.1) is 11.3 Å². The Kier molecular flexibility index (Phi) is 7.54. The summed E-state index contributed by atoms with van der Waals surface area (Å²) < 4.78 is 10.6. The summed E-state index contributed by atoms with van der Waals surface area (Å²) in [6, 6.07) is 5.39. The number of thiazole rings is 1. The van der Waals surface area contributed by atoms with Gasteiger partial charge in [-0.1, -0.05) is 34.4 Å². The van der Waals surface area contributed by atoms with Crippen molar-refractivity contribution < 1.29 is 19.1 Å². The van der Waals surface area contributed by atoms with E-state index in [2.05, 4.69) is 15.1 Å². The van der Waals surface area contributed by atoms with Crippen molar-refractivity contribution >= 4 is 46.2 Å². The van der Waals surface area contributed by atoms with E-state index < -0.39 is 0 Å². The summed E-state index contributed by atoms with van der Waals surface area (Å²) in [5.74, 6) is 0.645. The zero-order chi connectivity index (χ0) is 25.1. The number of oxime groups is 1. The van der Waals surface area contributed by atoms with Crippen LogP contribution in [0.25, 0.3) is 0 Å². The molecule has 0 radical (unpaired) electrons. The second kappa shape index (κ2) is 11.0. The Bertz CT molecular complexity index is 1260. The maximum absolute atomic E-state index is 12.6. The summed E-state index contributed by atoms with van der Waals surface area (Å²) in [6.45, 7) is 1.16. The van der Waals surface area contributed by atoms with Gasteiger partial charge in [-0.3, -0.25) is 4.79 Å². The Morgan fingerprint density at radius 1 is 1.17 bits per heavy atom. The monoisotopic (exact) mass is 547 g/mol. The first-order valence-electron chi connectivity index (χ1n) is 11.4. The molecule has 9 nitrogen and oxygen atoms in total. The van der Waals surface area contributed by atoms with Gasteiger partial charge in [0.2, 0.25) is 0 Å². The van der Waals surface area contributed by atoms with Gasteiger partial charge in [0.05, 0.1) is 17.8 Å². The zero-order valence-electron chi connectivity index (χ0n) is 19.4. The molecule has 2 aliphatic heterocycles. The number of halogens is 2. The van der Waals surface area contributed by atoms with Crippen LogP contribution in [0.4, 0.5) is 0 Å². The van der Waals surface area contributed by atoms with E-state index >= 15 is 0 Å². The molecule has 0 aliphatic carbocycles. The number of rotatable bonds is 7. The third-order valence-corrected chi connectivity index (χ3v) is 7.83. The van der Waals surface area contributed by atoms with E-state index in [1.807, 2.05) is 5.38 Å². The highest BCUT2D eigenvalue weighted by Gasteiger charge is 2.30. The number of ether oxygens (including phenoxy) is 2. The van der Waals surface area contributed by atoms with Crippen LogP contribution in [-0.4, -0.2) is 58.3 Å². The van der Waals surface area contributed by atoms with Crippen LogP contribution >= 0.6 is 34.5 Å². The van der Waals surface area contributed by atoms with Crippen molar-refractivity contribution in [3.8, 4) is 11.8 Å². The fraction of sp³-hybridized carbons (Fsp3) is 0.375. The molecule has 4 heterocycles. The number of carbonyl (C=O) groups excluding carboxylic acids is 1. The molecule has 0 bridgehead atoms. The topological polar surface area (TPSA) is 99.0 Å². The first-order valence-corrected chi connectivity index (χ1v) is 13.0. The SMILES string of the molecule is COc1nccnc1OCC(=O)N1CCC(c2nc(C3=NOC(c4c(Cl)cccc4Cl)C3)cs2)CC1. The number of methoxy groups -OCH3 is 1. The van der Waals surface area contributed by atoms with E-state index in [4.69, 9.17) is 42.5 Å². The van der Waals surface area contributed by atoms with E-state index in [1.54, 1.807) is 34.4 Å². The lowest BCUT2D eigenvalue weighted by Gasteiger charge is -2.31. The molecule has 5 rings (SSSR count). The molecule has 3 aromatic rings. The molecule has 0 N–H and O–H groups in total. The summed E-state index contributed by atoms with van der Waals surface area (Å²) >= 11 is 14.3. The van der Waals surface area contributed by atoms with E-state index in [0.29, 0.717) is 29.6 Å². The lowest BCUT2D eigenvalue weighted by molar-refractivity contribution is -0.134. The molecule has 1 amide bonds. The van der Waals surface area contributed by atoms with Gasteiger partial charge in [-0.05, 0) is 25.0 Å². The number of hydrogen-bond donors (Lipinski definition) is 0. The molecular weight excluding hydrogens is 525 g/mol. The van der Waals surface area contributed by atoms with Crippen LogP contribution < -0.4 is 9.47 Å². The molecule has 1 atom stereocenters. The maximum Gasteiger partial charge on any atom is 0.278 e. The van der Waals surface area contributed by atoms with E-state index in [9.17, 15) is 4.79 Å². The Hall–Kier alpha value is -2.95. The Morgan fingerprint density at radius 3 is 2.61 bits per heavy atom. The van der Waals surface area contributed by atoms with Crippen molar-refractivity contribution in [2.75, 3.05) is 26.8 Å². The molecular formula is C24H23Cl2N5O4S. The Balaban J connectivity index is 1.14. The lowest BCUT2D eigenvalue weighted by atomic mass is 9.97. The van der Waals surface area contributed by atoms with Crippen LogP contribution in [0, 0.1) is 0 Å². The van der Waals surface area contributed by atoms with E-state index in [1.165, 1.54) is 19.5 Å². The molecule has 2 aliphatic rings.